The van der Waals surface area contributed by atoms with Crippen LogP contribution in [0.3, 0.4) is 0 Å². The number of nitrogens with zero attached hydrogens (tertiary/aromatic N) is 2. The molecule has 9 heteroatoms. The average Bonchev–Trinajstić information content (AvgIpc) is 3.27. The van der Waals surface area contributed by atoms with E-state index < -0.39 is 0 Å². The van der Waals surface area contributed by atoms with Crippen molar-refractivity contribution in [3.8, 4) is 17.2 Å². The van der Waals surface area contributed by atoms with Gasteiger partial charge in [0.25, 0.3) is 5.56 Å². The average molecular weight is 682 g/mol. The summed E-state index contributed by atoms with van der Waals surface area (Å²) in [5.41, 5.74) is 6.15. The Kier molecular flexibility index (Phi) is 7.46. The maximum Gasteiger partial charge on any atom is 0.271 e. The van der Waals surface area contributed by atoms with Gasteiger partial charge in [0.1, 0.15) is 5.75 Å². The summed E-state index contributed by atoms with van der Waals surface area (Å²) < 4.78 is 21.2. The fourth-order valence-electron chi connectivity index (χ4n) is 5.47. The molecule has 204 valence electrons. The van der Waals surface area contributed by atoms with Crippen molar-refractivity contribution >= 4 is 55.0 Å². The Morgan fingerprint density at radius 3 is 2.62 bits per heavy atom. The summed E-state index contributed by atoms with van der Waals surface area (Å²) in [4.78, 5) is 20.0. The summed E-state index contributed by atoms with van der Waals surface area (Å²) in [6.07, 6.45) is 3.60. The number of hydrogen-bond acceptors (Lipinski definition) is 6. The highest BCUT2D eigenvalue weighted by atomic mass is 79.9. The first-order valence-electron chi connectivity index (χ1n) is 12.9. The van der Waals surface area contributed by atoms with Crippen LogP contribution >= 0.6 is 43.2 Å². The zero-order valence-electron chi connectivity index (χ0n) is 22.2. The minimum Gasteiger partial charge on any atom is -0.493 e. The Hall–Kier alpha value is -3.14. The molecule has 1 atom stereocenters. The van der Waals surface area contributed by atoms with Gasteiger partial charge < -0.3 is 14.2 Å². The topological polar surface area (TPSA) is 62.0 Å². The fraction of sp³-hybridized carbons (Fsp3) is 0.226. The summed E-state index contributed by atoms with van der Waals surface area (Å²) in [5, 5.41) is 0. The lowest BCUT2D eigenvalue weighted by molar-refractivity contribution is 0.337. The summed E-state index contributed by atoms with van der Waals surface area (Å²) in [6.45, 7) is 2.45. The van der Waals surface area contributed by atoms with Crippen LogP contribution in [0.25, 0.3) is 11.8 Å². The second-order valence-electron chi connectivity index (χ2n) is 9.47. The Morgan fingerprint density at radius 1 is 1.05 bits per heavy atom. The van der Waals surface area contributed by atoms with Crippen molar-refractivity contribution in [2.75, 3.05) is 20.8 Å². The van der Waals surface area contributed by atoms with Gasteiger partial charge in [-0.2, -0.15) is 0 Å². The number of benzene rings is 3. The molecular formula is C31H26Br2N2O4S. The van der Waals surface area contributed by atoms with E-state index in [1.165, 1.54) is 16.9 Å². The summed E-state index contributed by atoms with van der Waals surface area (Å²) in [5.74, 6) is 1.96. The molecule has 3 aromatic carbocycles. The van der Waals surface area contributed by atoms with Crippen LogP contribution in [-0.2, 0) is 6.42 Å². The number of allylic oxidation sites excluding steroid dienone is 1. The molecule has 2 heterocycles. The highest BCUT2D eigenvalue weighted by Crippen LogP contribution is 2.43. The van der Waals surface area contributed by atoms with Gasteiger partial charge in [0, 0.05) is 15.6 Å². The van der Waals surface area contributed by atoms with Gasteiger partial charge in [-0.05, 0) is 82.7 Å². The van der Waals surface area contributed by atoms with Gasteiger partial charge >= 0.3 is 0 Å². The molecule has 0 amide bonds. The predicted molar refractivity (Wildman–Crippen MR) is 165 cm³/mol. The van der Waals surface area contributed by atoms with Crippen molar-refractivity contribution in [1.82, 2.24) is 4.57 Å². The lowest BCUT2D eigenvalue weighted by Gasteiger charge is -2.31. The number of halogens is 2. The molecule has 0 N–H and O–H groups in total. The summed E-state index contributed by atoms with van der Waals surface area (Å²) in [6, 6.07) is 17.9. The van der Waals surface area contributed by atoms with E-state index in [4.69, 9.17) is 19.2 Å². The standard InChI is InChI=1S/C31H26Br2N2O4S/c1-4-39-29-19(13-20(32)16-23(29)33)15-26-30(36)35-28(18-10-12-24(37-2)25(14-18)38-3)22-11-9-17-7-5-6-8-21(17)27(22)34-31(35)40-26/h5-8,10,12-16,28H,4,9,11H2,1-3H3/b26-15+/t28-/m1/s1. The van der Waals surface area contributed by atoms with Crippen LogP contribution in [0.4, 0.5) is 0 Å². The smallest absolute Gasteiger partial charge is 0.271 e. The van der Waals surface area contributed by atoms with E-state index in [1.54, 1.807) is 14.2 Å². The summed E-state index contributed by atoms with van der Waals surface area (Å²) >= 11 is 8.58. The quantitative estimate of drug-likeness (QED) is 0.241. The van der Waals surface area contributed by atoms with Crippen LogP contribution in [-0.4, -0.2) is 25.4 Å². The van der Waals surface area contributed by atoms with E-state index in [-0.39, 0.29) is 11.6 Å². The number of aryl methyl sites for hydroxylation is 1. The van der Waals surface area contributed by atoms with Crippen molar-refractivity contribution in [2.45, 2.75) is 25.8 Å². The number of rotatable bonds is 6. The second kappa shape index (κ2) is 11.0. The van der Waals surface area contributed by atoms with Crippen molar-refractivity contribution in [3.63, 3.8) is 0 Å². The highest BCUT2D eigenvalue weighted by molar-refractivity contribution is 9.11. The first-order valence-corrected chi connectivity index (χ1v) is 15.3. The number of aromatic nitrogens is 1. The molecule has 0 bridgehead atoms. The van der Waals surface area contributed by atoms with Crippen molar-refractivity contribution < 1.29 is 14.2 Å². The zero-order chi connectivity index (χ0) is 28.0. The van der Waals surface area contributed by atoms with Crippen LogP contribution in [0.1, 0.15) is 41.6 Å². The van der Waals surface area contributed by atoms with E-state index >= 15 is 0 Å². The van der Waals surface area contributed by atoms with Gasteiger partial charge in [0.2, 0.25) is 0 Å². The van der Waals surface area contributed by atoms with Gasteiger partial charge in [-0.3, -0.25) is 9.36 Å². The molecule has 1 aliphatic carbocycles. The Morgan fingerprint density at radius 2 is 1.85 bits per heavy atom. The molecule has 0 fully saturated rings. The third-order valence-corrected chi connectivity index (χ3v) is 9.24. The van der Waals surface area contributed by atoms with Crippen molar-refractivity contribution in [3.05, 3.63) is 111 Å². The van der Waals surface area contributed by atoms with E-state index in [9.17, 15) is 4.79 Å². The molecule has 2 aliphatic rings. The Labute approximate surface area is 252 Å². The van der Waals surface area contributed by atoms with Gasteiger partial charge in [0.15, 0.2) is 16.3 Å². The number of thiazole rings is 1. The highest BCUT2D eigenvalue weighted by Gasteiger charge is 2.33. The molecule has 1 aromatic heterocycles. The molecule has 0 unspecified atom stereocenters. The predicted octanol–water partition coefficient (Wildman–Crippen LogP) is 6.26. The normalized spacial score (nSPS) is 16.1. The maximum atomic E-state index is 14.2. The SMILES string of the molecule is CCOc1c(Br)cc(Br)cc1/C=c1/sc2n(c1=O)[C@H](c1ccc(OC)c(OC)c1)C1=C(N=2)c2ccccc2CC1. The van der Waals surface area contributed by atoms with Gasteiger partial charge in [-0.15, -0.1) is 0 Å². The molecule has 1 aliphatic heterocycles. The summed E-state index contributed by atoms with van der Waals surface area (Å²) in [7, 11) is 3.25. The number of hydrogen-bond donors (Lipinski definition) is 0. The van der Waals surface area contributed by atoms with Gasteiger partial charge in [-0.1, -0.05) is 57.6 Å². The van der Waals surface area contributed by atoms with E-state index in [0.29, 0.717) is 33.2 Å². The van der Waals surface area contributed by atoms with Crippen LogP contribution in [0, 0.1) is 0 Å². The van der Waals surface area contributed by atoms with Crippen LogP contribution in [0.5, 0.6) is 17.2 Å². The van der Waals surface area contributed by atoms with Gasteiger partial charge in [-0.25, -0.2) is 4.99 Å². The van der Waals surface area contributed by atoms with Crippen molar-refractivity contribution in [1.29, 1.82) is 0 Å². The molecular weight excluding hydrogens is 656 g/mol. The zero-order valence-corrected chi connectivity index (χ0v) is 26.2. The monoisotopic (exact) mass is 680 g/mol. The van der Waals surface area contributed by atoms with E-state index in [2.05, 4.69) is 50.1 Å². The minimum absolute atomic E-state index is 0.0903. The fourth-order valence-corrected chi connectivity index (χ4v) is 7.84. The Balaban J connectivity index is 1.62. The van der Waals surface area contributed by atoms with Crippen LogP contribution < -0.4 is 29.1 Å². The number of ether oxygens (including phenoxy) is 3. The lowest BCUT2D eigenvalue weighted by atomic mass is 9.83. The van der Waals surface area contributed by atoms with Crippen LogP contribution in [0.2, 0.25) is 0 Å². The first-order chi connectivity index (χ1) is 19.4. The van der Waals surface area contributed by atoms with Crippen LogP contribution in [0.15, 0.2) is 78.9 Å². The molecule has 0 saturated carbocycles. The van der Waals surface area contributed by atoms with Gasteiger partial charge in [0.05, 0.1) is 41.6 Å². The second-order valence-corrected chi connectivity index (χ2v) is 12.2. The molecule has 40 heavy (non-hydrogen) atoms. The molecule has 0 radical (unpaired) electrons. The minimum atomic E-state index is -0.317. The van der Waals surface area contributed by atoms with Crippen molar-refractivity contribution in [2.24, 2.45) is 4.99 Å². The third-order valence-electron chi connectivity index (χ3n) is 7.21. The molecule has 0 saturated heterocycles. The first kappa shape index (κ1) is 27.1. The van der Waals surface area contributed by atoms with E-state index in [1.807, 2.05) is 54.0 Å². The number of methoxy groups -OCH3 is 2. The lowest BCUT2D eigenvalue weighted by Crippen LogP contribution is -2.38. The number of fused-ring (bicyclic) bond motifs is 3. The molecule has 0 spiro atoms. The largest absolute Gasteiger partial charge is 0.493 e. The molecule has 6 nitrogen and oxygen atoms in total. The third kappa shape index (κ3) is 4.63. The Bertz CT molecular complexity index is 1860. The molecule has 4 aromatic rings. The van der Waals surface area contributed by atoms with E-state index in [0.717, 1.165) is 49.7 Å². The maximum absolute atomic E-state index is 14.2. The molecule has 6 rings (SSSR count).